The average molecular weight is 554 g/mol. The number of amides is 2. The first-order valence-electron chi connectivity index (χ1n) is 9.63. The van der Waals surface area contributed by atoms with Gasteiger partial charge in [0, 0.05) is 12.5 Å². The summed E-state index contributed by atoms with van der Waals surface area (Å²) in [6.07, 6.45) is -4.75. The van der Waals surface area contributed by atoms with Crippen LogP contribution in [0.2, 0.25) is 0 Å². The fourth-order valence-corrected chi connectivity index (χ4v) is 3.75. The van der Waals surface area contributed by atoms with Crippen molar-refractivity contribution in [1.82, 2.24) is 15.6 Å². The molecule has 3 N–H and O–H groups in total. The summed E-state index contributed by atoms with van der Waals surface area (Å²) < 4.78 is 49.6. The number of benzene rings is 1. The molecule has 182 valence electrons. The Labute approximate surface area is 200 Å². The van der Waals surface area contributed by atoms with Gasteiger partial charge in [0.05, 0.1) is 28.2 Å². The highest BCUT2D eigenvalue weighted by atomic mass is 79.9. The van der Waals surface area contributed by atoms with Crippen molar-refractivity contribution < 1.29 is 37.3 Å². The average Bonchev–Trinajstić information content (AvgIpc) is 3.09. The van der Waals surface area contributed by atoms with E-state index in [1.165, 1.54) is 18.3 Å². The van der Waals surface area contributed by atoms with E-state index in [0.717, 1.165) is 23.5 Å². The number of halogens is 4. The highest BCUT2D eigenvalue weighted by molar-refractivity contribution is 9.11. The van der Waals surface area contributed by atoms with Crippen LogP contribution in [0.25, 0.3) is 0 Å². The smallest absolute Gasteiger partial charge is 0.416 e. The summed E-state index contributed by atoms with van der Waals surface area (Å²) in [6.45, 7) is 4.23. The lowest BCUT2D eigenvalue weighted by atomic mass is 9.91. The van der Waals surface area contributed by atoms with Crippen molar-refractivity contribution in [3.8, 4) is 5.19 Å². The monoisotopic (exact) mass is 553 g/mol. The van der Waals surface area contributed by atoms with E-state index in [1.807, 2.05) is 0 Å². The van der Waals surface area contributed by atoms with Gasteiger partial charge in [-0.05, 0) is 54.4 Å². The first kappa shape index (κ1) is 26.9. The number of hydrogen-bond donors (Lipinski definition) is 3. The molecule has 13 heteroatoms. The van der Waals surface area contributed by atoms with E-state index in [1.54, 1.807) is 20.8 Å². The molecule has 0 aliphatic rings. The number of nitrogens with zero attached hydrogens (tertiary/aromatic N) is 1. The van der Waals surface area contributed by atoms with Crippen LogP contribution in [0.5, 0.6) is 5.19 Å². The molecule has 1 aromatic heterocycles. The van der Waals surface area contributed by atoms with E-state index in [2.05, 4.69) is 31.5 Å². The molecule has 0 aliphatic carbocycles. The summed E-state index contributed by atoms with van der Waals surface area (Å²) in [7, 11) is 0. The Bertz CT molecular complexity index is 948. The topological polar surface area (TPSA) is 110 Å². The Morgan fingerprint density at radius 1 is 1.18 bits per heavy atom. The van der Waals surface area contributed by atoms with Gasteiger partial charge in [-0.25, -0.2) is 14.6 Å². The summed E-state index contributed by atoms with van der Waals surface area (Å²) in [6, 6.07) is 3.24. The maximum absolute atomic E-state index is 12.9. The predicted molar refractivity (Wildman–Crippen MR) is 118 cm³/mol. The van der Waals surface area contributed by atoms with Crippen LogP contribution in [0.3, 0.4) is 0 Å². The number of nitrogens with one attached hydrogen (secondary N) is 2. The molecule has 0 unspecified atom stereocenters. The van der Waals surface area contributed by atoms with Crippen LogP contribution in [-0.4, -0.2) is 47.1 Å². The van der Waals surface area contributed by atoms with Crippen molar-refractivity contribution in [2.45, 2.75) is 44.5 Å². The third-order valence-electron chi connectivity index (χ3n) is 4.15. The quantitative estimate of drug-likeness (QED) is 0.459. The zero-order valence-corrected chi connectivity index (χ0v) is 20.3. The molecule has 33 heavy (non-hydrogen) atoms. The van der Waals surface area contributed by atoms with Crippen molar-refractivity contribution in [1.29, 1.82) is 0 Å². The highest BCUT2D eigenvalue weighted by Crippen LogP contribution is 2.31. The number of alkyl halides is 3. The van der Waals surface area contributed by atoms with E-state index in [0.29, 0.717) is 9.35 Å². The van der Waals surface area contributed by atoms with Crippen LogP contribution in [0.15, 0.2) is 34.2 Å². The zero-order chi connectivity index (χ0) is 24.8. The van der Waals surface area contributed by atoms with E-state index < -0.39 is 48.1 Å². The van der Waals surface area contributed by atoms with Gasteiger partial charge in [-0.3, -0.25) is 0 Å². The van der Waals surface area contributed by atoms with Crippen LogP contribution in [0.1, 0.15) is 37.8 Å². The van der Waals surface area contributed by atoms with Gasteiger partial charge in [0.1, 0.15) is 5.60 Å². The predicted octanol–water partition coefficient (Wildman–Crippen LogP) is 4.68. The molecule has 2 aromatic rings. The minimum atomic E-state index is -4.52. The normalized spacial score (nSPS) is 13.7. The summed E-state index contributed by atoms with van der Waals surface area (Å²) >= 11 is 4.27. The number of rotatable bonds is 7. The molecule has 0 saturated heterocycles. The molecule has 2 amide bonds. The van der Waals surface area contributed by atoms with E-state index >= 15 is 0 Å². The Morgan fingerprint density at radius 2 is 1.82 bits per heavy atom. The van der Waals surface area contributed by atoms with Gasteiger partial charge in [-0.1, -0.05) is 23.5 Å². The molecule has 0 spiro atoms. The van der Waals surface area contributed by atoms with Gasteiger partial charge in [0.2, 0.25) is 0 Å². The molecule has 1 heterocycles. The number of carbonyl (C=O) groups excluding carboxylic acids is 2. The number of hydrogen-bond acceptors (Lipinski definition) is 7. The second-order valence-electron chi connectivity index (χ2n) is 7.86. The first-order chi connectivity index (χ1) is 15.3. The number of aliphatic hydroxyl groups is 1. The van der Waals surface area contributed by atoms with Crippen molar-refractivity contribution in [3.63, 3.8) is 0 Å². The second-order valence-corrected chi connectivity index (χ2v) is 10.2. The summed E-state index contributed by atoms with van der Waals surface area (Å²) in [5.74, 6) is -0.853. The Hall–Kier alpha value is -2.38. The number of aliphatic hydroxyl groups excluding tert-OH is 1. The van der Waals surface area contributed by atoms with Crippen LogP contribution in [-0.2, 0) is 10.9 Å². The summed E-state index contributed by atoms with van der Waals surface area (Å²) in [4.78, 5) is 28.3. The molecule has 2 atom stereocenters. The summed E-state index contributed by atoms with van der Waals surface area (Å²) in [5.41, 5.74) is -1.34. The molecule has 0 fully saturated rings. The fourth-order valence-electron chi connectivity index (χ4n) is 2.73. The van der Waals surface area contributed by atoms with Crippen LogP contribution in [0.4, 0.5) is 22.8 Å². The molecule has 0 saturated carbocycles. The molecule has 0 radical (unpaired) electrons. The molecule has 8 nitrogen and oxygen atoms in total. The molecule has 2 rings (SSSR count). The maximum Gasteiger partial charge on any atom is 0.416 e. The number of ether oxygens (including phenoxy) is 2. The number of alkyl carbamates (subject to hydrolysis) is 1. The minimum absolute atomic E-state index is 0.0810. The number of thiazole rings is 1. The molecule has 1 aromatic carbocycles. The largest absolute Gasteiger partial charge is 0.444 e. The Kier molecular flexibility index (Phi) is 9.09. The van der Waals surface area contributed by atoms with Crippen LogP contribution in [0, 0.1) is 0 Å². The van der Waals surface area contributed by atoms with Crippen molar-refractivity contribution in [2.24, 2.45) is 0 Å². The highest BCUT2D eigenvalue weighted by Gasteiger charge is 2.32. The van der Waals surface area contributed by atoms with Crippen LogP contribution >= 0.6 is 27.3 Å². The Morgan fingerprint density at radius 3 is 2.30 bits per heavy atom. The lowest BCUT2D eigenvalue weighted by Crippen LogP contribution is -2.49. The first-order valence-corrected chi connectivity index (χ1v) is 11.2. The van der Waals surface area contributed by atoms with E-state index in [-0.39, 0.29) is 11.7 Å². The van der Waals surface area contributed by atoms with Crippen molar-refractivity contribution in [3.05, 3.63) is 45.4 Å². The van der Waals surface area contributed by atoms with Gasteiger partial charge in [0.15, 0.2) is 0 Å². The Balaban J connectivity index is 2.18. The van der Waals surface area contributed by atoms with E-state index in [4.69, 9.17) is 9.47 Å². The maximum atomic E-state index is 12.9. The third-order valence-corrected chi connectivity index (χ3v) is 5.51. The minimum Gasteiger partial charge on any atom is -0.444 e. The fraction of sp³-hybridized carbons (Fsp3) is 0.450. The van der Waals surface area contributed by atoms with Gasteiger partial charge in [-0.2, -0.15) is 13.2 Å². The molecular weight excluding hydrogens is 531 g/mol. The lowest BCUT2D eigenvalue weighted by Gasteiger charge is -2.29. The van der Waals surface area contributed by atoms with Gasteiger partial charge >= 0.3 is 18.4 Å². The SMILES string of the molecule is CC(C)(C)OC(=O)N[C@H](CNC(=O)Oc1ncc(Br)s1)[C@@H](CO)c1ccc(C(F)(F)F)cc1. The van der Waals surface area contributed by atoms with Gasteiger partial charge in [-0.15, -0.1) is 0 Å². The molecular formula is C20H23BrF3N3O5S. The number of aromatic nitrogens is 1. The second kappa shape index (κ2) is 11.2. The van der Waals surface area contributed by atoms with Crippen LogP contribution < -0.4 is 15.4 Å². The van der Waals surface area contributed by atoms with Gasteiger partial charge in [0.25, 0.3) is 5.19 Å². The third kappa shape index (κ3) is 8.82. The summed E-state index contributed by atoms with van der Waals surface area (Å²) in [5, 5.41) is 15.1. The zero-order valence-electron chi connectivity index (χ0n) is 17.9. The molecule has 0 bridgehead atoms. The molecule has 0 aliphatic heterocycles. The van der Waals surface area contributed by atoms with Crippen molar-refractivity contribution >= 4 is 39.5 Å². The van der Waals surface area contributed by atoms with Crippen molar-refractivity contribution in [2.75, 3.05) is 13.2 Å². The standard InChI is InChI=1S/C20H23BrF3N3O5S/c1-19(2,3)32-17(30)27-14(8-25-16(29)31-18-26-9-15(21)33-18)13(10-28)11-4-6-12(7-5-11)20(22,23)24/h4-7,9,13-14,28H,8,10H2,1-3H3,(H,25,29)(H,27,30)/t13-,14+/m0/s1. The number of carbonyl (C=O) groups is 2. The van der Waals surface area contributed by atoms with E-state index in [9.17, 15) is 27.9 Å². The lowest BCUT2D eigenvalue weighted by molar-refractivity contribution is -0.137. The van der Waals surface area contributed by atoms with Gasteiger partial charge < -0.3 is 25.2 Å².